The molecule has 2 aromatic rings. The molecule has 7 heteroatoms. The second kappa shape index (κ2) is 9.18. The smallest absolute Gasteiger partial charge is 0.375 e. The van der Waals surface area contributed by atoms with Crippen LogP contribution in [0, 0.1) is 0 Å². The number of phenolic OH excluding ortho intramolecular Hbond substituents is 1. The van der Waals surface area contributed by atoms with Crippen LogP contribution in [0.25, 0.3) is 5.57 Å². The monoisotopic (exact) mass is 438 g/mol. The first-order valence-electron chi connectivity index (χ1n) is 10.1. The maximum atomic E-state index is 13.0. The molecule has 2 N–H and O–H groups in total. The van der Waals surface area contributed by atoms with E-state index in [-0.39, 0.29) is 17.7 Å². The van der Waals surface area contributed by atoms with Crippen LogP contribution < -0.4 is 4.74 Å². The van der Waals surface area contributed by atoms with Gasteiger partial charge in [-0.3, -0.25) is 0 Å². The lowest BCUT2D eigenvalue weighted by molar-refractivity contribution is -0.169. The van der Waals surface area contributed by atoms with Gasteiger partial charge in [-0.05, 0) is 55.2 Å². The second-order valence-electron chi connectivity index (χ2n) is 7.79. The number of benzene rings is 2. The molecule has 1 aliphatic rings. The normalized spacial score (nSPS) is 17.7. The van der Waals surface area contributed by atoms with E-state index < -0.39 is 23.3 Å². The van der Waals surface area contributed by atoms with Gasteiger partial charge in [-0.2, -0.15) is 0 Å². The lowest BCUT2D eigenvalue weighted by Crippen LogP contribution is -2.44. The molecule has 1 atom stereocenters. The van der Waals surface area contributed by atoms with E-state index in [1.54, 1.807) is 36.4 Å². The standard InChI is InChI=1S/C25H26O7/c1-15(2)5-7-18-13-16(6-12-20(18)26)14-25(24(29)31-4)21(22(27)23(28)32-25)17-8-10-19(30-3)11-9-17/h5-6,8-13,26-27H,7,14H2,1-4H3/t25-/m1/s1. The molecule has 0 saturated carbocycles. The molecule has 0 bridgehead atoms. The molecule has 2 aromatic carbocycles. The van der Waals surface area contributed by atoms with Crippen LogP contribution in [0.15, 0.2) is 59.9 Å². The molecule has 0 fully saturated rings. The fourth-order valence-corrected chi connectivity index (χ4v) is 3.70. The summed E-state index contributed by atoms with van der Waals surface area (Å²) < 4.78 is 15.6. The number of aromatic hydroxyl groups is 1. The van der Waals surface area contributed by atoms with Crippen molar-refractivity contribution in [3.05, 3.63) is 76.6 Å². The largest absolute Gasteiger partial charge is 0.508 e. The fourth-order valence-electron chi connectivity index (χ4n) is 3.70. The van der Waals surface area contributed by atoms with Crippen molar-refractivity contribution in [3.63, 3.8) is 0 Å². The van der Waals surface area contributed by atoms with E-state index in [2.05, 4.69) is 0 Å². The zero-order valence-corrected chi connectivity index (χ0v) is 18.5. The molecule has 0 radical (unpaired) electrons. The van der Waals surface area contributed by atoms with Gasteiger partial charge in [0.05, 0.1) is 19.8 Å². The zero-order chi connectivity index (χ0) is 23.5. The number of ether oxygens (including phenoxy) is 3. The van der Waals surface area contributed by atoms with E-state index in [1.807, 2.05) is 19.9 Å². The van der Waals surface area contributed by atoms with E-state index in [1.165, 1.54) is 20.3 Å². The summed E-state index contributed by atoms with van der Waals surface area (Å²) in [5, 5.41) is 20.8. The van der Waals surface area contributed by atoms with Gasteiger partial charge in [0, 0.05) is 6.42 Å². The molecule has 0 aliphatic carbocycles. The molecule has 0 amide bonds. The number of aliphatic hydroxyl groups is 1. The number of carbonyl (C=O) groups is 2. The number of cyclic esters (lactones) is 1. The Morgan fingerprint density at radius 1 is 1.09 bits per heavy atom. The SMILES string of the molecule is COC(=O)[C@]1(Cc2ccc(O)c(CC=C(C)C)c2)OC(=O)C(O)=C1c1ccc(OC)cc1. The highest BCUT2D eigenvalue weighted by Gasteiger charge is 2.55. The minimum absolute atomic E-state index is 0.0240. The molecular formula is C25H26O7. The third-order valence-corrected chi connectivity index (χ3v) is 5.32. The van der Waals surface area contributed by atoms with Crippen molar-refractivity contribution in [1.82, 2.24) is 0 Å². The third kappa shape index (κ3) is 4.32. The van der Waals surface area contributed by atoms with Gasteiger partial charge in [0.25, 0.3) is 0 Å². The molecule has 1 heterocycles. The summed E-state index contributed by atoms with van der Waals surface area (Å²) in [4.78, 5) is 25.4. The first-order valence-corrected chi connectivity index (χ1v) is 10.1. The zero-order valence-electron chi connectivity index (χ0n) is 18.5. The van der Waals surface area contributed by atoms with Crippen LogP contribution in [0.5, 0.6) is 11.5 Å². The van der Waals surface area contributed by atoms with E-state index in [4.69, 9.17) is 14.2 Å². The minimum atomic E-state index is -1.88. The van der Waals surface area contributed by atoms with Crippen LogP contribution in [-0.4, -0.2) is 42.0 Å². The first-order chi connectivity index (χ1) is 15.2. The number of aliphatic hydroxyl groups excluding tert-OH is 1. The Balaban J connectivity index is 2.10. The van der Waals surface area contributed by atoms with Crippen molar-refractivity contribution in [2.75, 3.05) is 14.2 Å². The number of hydrogen-bond donors (Lipinski definition) is 2. The van der Waals surface area contributed by atoms with E-state index >= 15 is 0 Å². The summed E-state index contributed by atoms with van der Waals surface area (Å²) in [6.07, 6.45) is 2.39. The minimum Gasteiger partial charge on any atom is -0.508 e. The van der Waals surface area contributed by atoms with Crippen molar-refractivity contribution in [3.8, 4) is 11.5 Å². The number of carbonyl (C=O) groups excluding carboxylic acids is 2. The predicted octanol–water partition coefficient (Wildman–Crippen LogP) is 3.89. The highest BCUT2D eigenvalue weighted by molar-refractivity contribution is 6.11. The Kier molecular flexibility index (Phi) is 6.58. The molecule has 32 heavy (non-hydrogen) atoms. The molecule has 1 aliphatic heterocycles. The van der Waals surface area contributed by atoms with Gasteiger partial charge in [0.1, 0.15) is 11.5 Å². The fraction of sp³-hybridized carbons (Fsp3) is 0.280. The molecule has 7 nitrogen and oxygen atoms in total. The van der Waals surface area contributed by atoms with Crippen molar-refractivity contribution in [2.24, 2.45) is 0 Å². The average molecular weight is 438 g/mol. The Hall–Kier alpha value is -3.74. The van der Waals surface area contributed by atoms with Gasteiger partial charge in [0.2, 0.25) is 11.4 Å². The van der Waals surface area contributed by atoms with Crippen molar-refractivity contribution < 1.29 is 34.0 Å². The Morgan fingerprint density at radius 2 is 1.78 bits per heavy atom. The lowest BCUT2D eigenvalue weighted by Gasteiger charge is -2.28. The summed E-state index contributed by atoms with van der Waals surface area (Å²) in [6.45, 7) is 3.92. The summed E-state index contributed by atoms with van der Waals surface area (Å²) in [5.74, 6) is -1.78. The number of allylic oxidation sites excluding steroid dienone is 2. The van der Waals surface area contributed by atoms with Gasteiger partial charge >= 0.3 is 11.9 Å². The van der Waals surface area contributed by atoms with Crippen molar-refractivity contribution in [1.29, 1.82) is 0 Å². The number of rotatable bonds is 7. The summed E-state index contributed by atoms with van der Waals surface area (Å²) in [7, 11) is 2.71. The lowest BCUT2D eigenvalue weighted by atomic mass is 9.83. The Labute approximate surface area is 186 Å². The third-order valence-electron chi connectivity index (χ3n) is 5.32. The van der Waals surface area contributed by atoms with Crippen molar-refractivity contribution in [2.45, 2.75) is 32.3 Å². The van der Waals surface area contributed by atoms with Gasteiger partial charge < -0.3 is 24.4 Å². The van der Waals surface area contributed by atoms with Gasteiger partial charge in [0.15, 0.2) is 0 Å². The quantitative estimate of drug-likeness (QED) is 0.499. The van der Waals surface area contributed by atoms with Crippen LogP contribution in [0.1, 0.15) is 30.5 Å². The highest BCUT2D eigenvalue weighted by Crippen LogP contribution is 2.43. The number of methoxy groups -OCH3 is 2. The summed E-state index contributed by atoms with van der Waals surface area (Å²) in [6, 6.07) is 11.5. The van der Waals surface area contributed by atoms with Gasteiger partial charge in [-0.25, -0.2) is 9.59 Å². The molecule has 0 aromatic heterocycles. The predicted molar refractivity (Wildman–Crippen MR) is 118 cm³/mol. The van der Waals surface area contributed by atoms with Crippen LogP contribution in [-0.2, 0) is 31.9 Å². The maximum Gasteiger partial charge on any atom is 0.375 e. The van der Waals surface area contributed by atoms with E-state index in [0.717, 1.165) is 5.57 Å². The van der Waals surface area contributed by atoms with E-state index in [9.17, 15) is 19.8 Å². The molecule has 0 unspecified atom stereocenters. The Bertz CT molecular complexity index is 1090. The summed E-state index contributed by atoms with van der Waals surface area (Å²) >= 11 is 0. The van der Waals surface area contributed by atoms with Crippen molar-refractivity contribution >= 4 is 17.5 Å². The van der Waals surface area contributed by atoms with Gasteiger partial charge in [-0.1, -0.05) is 35.9 Å². The number of esters is 2. The van der Waals surface area contributed by atoms with Crippen LogP contribution >= 0.6 is 0 Å². The summed E-state index contributed by atoms with van der Waals surface area (Å²) in [5.41, 5.74) is 0.945. The van der Waals surface area contributed by atoms with Crippen LogP contribution in [0.2, 0.25) is 0 Å². The molecule has 3 rings (SSSR count). The molecule has 0 spiro atoms. The Morgan fingerprint density at radius 3 is 2.38 bits per heavy atom. The van der Waals surface area contributed by atoms with Crippen LogP contribution in [0.4, 0.5) is 0 Å². The molecule has 0 saturated heterocycles. The number of hydrogen-bond acceptors (Lipinski definition) is 7. The number of phenols is 1. The topological polar surface area (TPSA) is 102 Å². The molecular weight excluding hydrogens is 412 g/mol. The average Bonchev–Trinajstić information content (AvgIpc) is 3.03. The molecule has 168 valence electrons. The maximum absolute atomic E-state index is 13.0. The highest BCUT2D eigenvalue weighted by atomic mass is 16.6. The first kappa shape index (κ1) is 22.9. The van der Waals surface area contributed by atoms with Crippen LogP contribution in [0.3, 0.4) is 0 Å². The second-order valence-corrected chi connectivity index (χ2v) is 7.79. The van der Waals surface area contributed by atoms with E-state index in [0.29, 0.717) is 28.9 Å². The van der Waals surface area contributed by atoms with Gasteiger partial charge in [-0.15, -0.1) is 0 Å².